The highest BCUT2D eigenvalue weighted by Crippen LogP contribution is 2.11. The number of hydrogen-bond donors (Lipinski definition) is 0. The molecule has 11 heavy (non-hydrogen) atoms. The summed E-state index contributed by atoms with van der Waals surface area (Å²) in [6.07, 6.45) is 0. The molecule has 0 unspecified atom stereocenters. The maximum Gasteiger partial charge on any atom is 0.233 e. The second kappa shape index (κ2) is 3.22. The number of hydrogen-bond acceptors (Lipinski definition) is 2. The summed E-state index contributed by atoms with van der Waals surface area (Å²) in [4.78, 5) is 10.9. The van der Waals surface area contributed by atoms with Gasteiger partial charge in [-0.1, -0.05) is 0 Å². The van der Waals surface area contributed by atoms with Gasteiger partial charge in [-0.2, -0.15) is 0 Å². The van der Waals surface area contributed by atoms with Crippen molar-refractivity contribution in [2.45, 2.75) is 33.2 Å². The predicted molar refractivity (Wildman–Crippen MR) is 46.0 cm³/mol. The van der Waals surface area contributed by atoms with Crippen molar-refractivity contribution in [1.29, 1.82) is 0 Å². The molecule has 0 N–H and O–H groups in total. The van der Waals surface area contributed by atoms with Crippen LogP contribution in [0.3, 0.4) is 0 Å². The summed E-state index contributed by atoms with van der Waals surface area (Å²) >= 11 is 0. The molecular weight excluding hydrogens is 140 g/mol. The van der Waals surface area contributed by atoms with E-state index in [9.17, 15) is 4.79 Å². The Morgan fingerprint density at radius 2 is 1.55 bits per heavy atom. The highest BCUT2D eigenvalue weighted by molar-refractivity contribution is 5.72. The lowest BCUT2D eigenvalue weighted by Gasteiger charge is -2.38. The second-order valence-corrected chi connectivity index (χ2v) is 3.74. The maximum absolute atomic E-state index is 10.9. The molecule has 0 aromatic carbocycles. The third-order valence-corrected chi connectivity index (χ3v) is 1.88. The number of hydrazine groups is 1. The number of carbonyl (C=O) groups is 1. The molecule has 0 bridgehead atoms. The number of amides is 1. The summed E-state index contributed by atoms with van der Waals surface area (Å²) < 4.78 is 0. The van der Waals surface area contributed by atoms with Gasteiger partial charge in [-0.05, 0) is 20.8 Å². The Kier molecular flexibility index (Phi) is 3.05. The topological polar surface area (TPSA) is 23.6 Å². The van der Waals surface area contributed by atoms with Crippen LogP contribution in [-0.4, -0.2) is 35.6 Å². The molecule has 0 aliphatic carbocycles. The van der Waals surface area contributed by atoms with Crippen LogP contribution in [0.1, 0.15) is 27.7 Å². The molecule has 1 amide bonds. The van der Waals surface area contributed by atoms with E-state index in [0.717, 1.165) is 0 Å². The molecule has 0 atom stereocenters. The third kappa shape index (κ3) is 2.89. The maximum atomic E-state index is 10.9. The van der Waals surface area contributed by atoms with Crippen molar-refractivity contribution in [3.63, 3.8) is 0 Å². The fraction of sp³-hybridized carbons (Fsp3) is 0.875. The van der Waals surface area contributed by atoms with Crippen LogP contribution in [0.15, 0.2) is 0 Å². The van der Waals surface area contributed by atoms with Gasteiger partial charge in [0.15, 0.2) is 0 Å². The Bertz CT molecular complexity index is 149. The third-order valence-electron chi connectivity index (χ3n) is 1.88. The van der Waals surface area contributed by atoms with Crippen LogP contribution in [0.5, 0.6) is 0 Å². The lowest BCUT2D eigenvalue weighted by atomic mass is 10.1. The van der Waals surface area contributed by atoms with Crippen LogP contribution in [-0.2, 0) is 4.79 Å². The van der Waals surface area contributed by atoms with E-state index >= 15 is 0 Å². The molecule has 0 saturated heterocycles. The van der Waals surface area contributed by atoms with Gasteiger partial charge in [0.2, 0.25) is 5.91 Å². The highest BCUT2D eigenvalue weighted by Gasteiger charge is 2.21. The molecular formula is C8H18N2O. The van der Waals surface area contributed by atoms with Gasteiger partial charge in [-0.15, -0.1) is 0 Å². The Hall–Kier alpha value is -0.570. The first-order valence-corrected chi connectivity index (χ1v) is 3.75. The van der Waals surface area contributed by atoms with Crippen LogP contribution >= 0.6 is 0 Å². The van der Waals surface area contributed by atoms with Gasteiger partial charge in [0, 0.05) is 26.6 Å². The van der Waals surface area contributed by atoms with E-state index in [1.165, 1.54) is 0 Å². The first kappa shape index (κ1) is 10.4. The molecule has 0 spiro atoms. The smallest absolute Gasteiger partial charge is 0.233 e. The summed E-state index contributed by atoms with van der Waals surface area (Å²) in [5.74, 6) is 0.0578. The van der Waals surface area contributed by atoms with Crippen LogP contribution in [0.25, 0.3) is 0 Å². The number of carbonyl (C=O) groups excluding carboxylic acids is 1. The molecule has 0 radical (unpaired) electrons. The van der Waals surface area contributed by atoms with Gasteiger partial charge < -0.3 is 0 Å². The van der Waals surface area contributed by atoms with Crippen LogP contribution < -0.4 is 0 Å². The molecule has 0 aliphatic rings. The van der Waals surface area contributed by atoms with Crippen LogP contribution in [0, 0.1) is 0 Å². The molecule has 0 rings (SSSR count). The normalized spacial score (nSPS) is 11.9. The molecule has 0 aliphatic heterocycles. The number of rotatable bonds is 1. The SMILES string of the molecule is CC(=O)N(C)N(C)C(C)(C)C. The standard InChI is InChI=1S/C8H18N2O/c1-7(11)9(5)10(6)8(2,3)4/h1-6H3. The van der Waals surface area contributed by atoms with Crippen molar-refractivity contribution in [3.05, 3.63) is 0 Å². The summed E-state index contributed by atoms with van der Waals surface area (Å²) in [6.45, 7) is 7.74. The van der Waals surface area contributed by atoms with Crippen LogP contribution in [0.4, 0.5) is 0 Å². The zero-order chi connectivity index (χ0) is 9.23. The minimum atomic E-state index is 0.000417. The average Bonchev–Trinajstić information content (AvgIpc) is 1.82. The zero-order valence-corrected chi connectivity index (χ0v) is 8.30. The fourth-order valence-corrected chi connectivity index (χ4v) is 0.661. The zero-order valence-electron chi connectivity index (χ0n) is 8.30. The molecule has 0 saturated carbocycles. The van der Waals surface area contributed by atoms with E-state index in [0.29, 0.717) is 0 Å². The van der Waals surface area contributed by atoms with Gasteiger partial charge in [-0.25, -0.2) is 5.01 Å². The Balaban J connectivity index is 4.25. The summed E-state index contributed by atoms with van der Waals surface area (Å²) in [6, 6.07) is 0. The van der Waals surface area contributed by atoms with Gasteiger partial charge in [0.05, 0.1) is 0 Å². The van der Waals surface area contributed by atoms with Gasteiger partial charge in [0.25, 0.3) is 0 Å². The predicted octanol–water partition coefficient (Wildman–Crippen LogP) is 1.11. The van der Waals surface area contributed by atoms with Crippen molar-refractivity contribution >= 4 is 5.91 Å². The minimum absolute atomic E-state index is 0.000417. The van der Waals surface area contributed by atoms with Crippen molar-refractivity contribution in [1.82, 2.24) is 10.0 Å². The van der Waals surface area contributed by atoms with E-state index in [4.69, 9.17) is 0 Å². The molecule has 3 heteroatoms. The van der Waals surface area contributed by atoms with E-state index in [2.05, 4.69) is 20.8 Å². The number of nitrogens with zero attached hydrogens (tertiary/aromatic N) is 2. The van der Waals surface area contributed by atoms with Gasteiger partial charge in [0.1, 0.15) is 0 Å². The molecule has 0 fully saturated rings. The van der Waals surface area contributed by atoms with Crippen molar-refractivity contribution in [2.24, 2.45) is 0 Å². The Morgan fingerprint density at radius 1 is 1.18 bits per heavy atom. The van der Waals surface area contributed by atoms with Crippen molar-refractivity contribution in [3.8, 4) is 0 Å². The average molecular weight is 158 g/mol. The minimum Gasteiger partial charge on any atom is -0.279 e. The van der Waals surface area contributed by atoms with Gasteiger partial charge in [-0.3, -0.25) is 9.80 Å². The summed E-state index contributed by atoms with van der Waals surface area (Å²) in [5, 5.41) is 3.52. The van der Waals surface area contributed by atoms with E-state index < -0.39 is 0 Å². The van der Waals surface area contributed by atoms with E-state index in [1.807, 2.05) is 12.1 Å². The lowest BCUT2D eigenvalue weighted by Crippen LogP contribution is -2.50. The monoisotopic (exact) mass is 158 g/mol. The quantitative estimate of drug-likeness (QED) is 0.534. The first-order chi connectivity index (χ1) is 4.76. The molecule has 0 aromatic rings. The second-order valence-electron chi connectivity index (χ2n) is 3.74. The van der Waals surface area contributed by atoms with Gasteiger partial charge >= 0.3 is 0 Å². The molecule has 3 nitrogen and oxygen atoms in total. The fourth-order valence-electron chi connectivity index (χ4n) is 0.661. The van der Waals surface area contributed by atoms with Crippen molar-refractivity contribution in [2.75, 3.05) is 14.1 Å². The Morgan fingerprint density at radius 3 is 1.64 bits per heavy atom. The Labute approximate surface area is 68.9 Å². The van der Waals surface area contributed by atoms with Crippen molar-refractivity contribution < 1.29 is 4.79 Å². The van der Waals surface area contributed by atoms with Crippen LogP contribution in [0.2, 0.25) is 0 Å². The largest absolute Gasteiger partial charge is 0.279 e. The molecule has 66 valence electrons. The van der Waals surface area contributed by atoms with E-state index in [-0.39, 0.29) is 11.4 Å². The summed E-state index contributed by atoms with van der Waals surface area (Å²) in [5.41, 5.74) is 0.000417. The first-order valence-electron chi connectivity index (χ1n) is 3.75. The highest BCUT2D eigenvalue weighted by atomic mass is 16.2. The molecule has 0 heterocycles. The van der Waals surface area contributed by atoms with E-state index in [1.54, 1.807) is 19.0 Å². The summed E-state index contributed by atoms with van der Waals surface area (Å²) in [7, 11) is 3.68. The lowest BCUT2D eigenvalue weighted by molar-refractivity contribution is -0.148. The molecule has 0 aromatic heterocycles.